The number of benzene rings is 2. The van der Waals surface area contributed by atoms with Gasteiger partial charge in [0.1, 0.15) is 11.8 Å². The molecule has 2 N–H and O–H groups in total. The number of carbonyl (C=O) groups is 2. The molecule has 26 heavy (non-hydrogen) atoms. The zero-order valence-electron chi connectivity index (χ0n) is 14.3. The molecule has 4 rings (SSSR count). The van der Waals surface area contributed by atoms with Crippen molar-refractivity contribution in [1.82, 2.24) is 0 Å². The van der Waals surface area contributed by atoms with Crippen molar-refractivity contribution >= 4 is 35.9 Å². The normalized spacial score (nSPS) is 26.4. The first kappa shape index (κ1) is 16.9. The van der Waals surface area contributed by atoms with E-state index in [0.717, 1.165) is 0 Å². The molecule has 1 aliphatic carbocycles. The van der Waals surface area contributed by atoms with Gasteiger partial charge in [0.05, 0.1) is 16.4 Å². The second-order valence-electron chi connectivity index (χ2n) is 7.00. The van der Waals surface area contributed by atoms with Crippen molar-refractivity contribution < 1.29 is 19.0 Å². The lowest BCUT2D eigenvalue weighted by Gasteiger charge is -2.36. The molecule has 1 aliphatic heterocycles. The number of nitrogens with zero attached hydrogens (tertiary/aromatic N) is 1. The zero-order valence-corrected chi connectivity index (χ0v) is 15.2. The Balaban J connectivity index is 1.87. The average molecular weight is 368 g/mol. The summed E-state index contributed by atoms with van der Waals surface area (Å²) in [6, 6.07) is 13.5. The maximum atomic E-state index is 13.1. The fraction of sp³-hybridized carbons (Fsp3) is 0.211. The van der Waals surface area contributed by atoms with Gasteiger partial charge in [0, 0.05) is 5.56 Å². The van der Waals surface area contributed by atoms with Crippen molar-refractivity contribution in [2.24, 2.45) is 10.7 Å². The third-order valence-corrected chi connectivity index (χ3v) is 6.51. The molecular weight excluding hydrogens is 351 g/mol. The van der Waals surface area contributed by atoms with Crippen molar-refractivity contribution in [3.63, 3.8) is 0 Å². The van der Waals surface area contributed by atoms with Gasteiger partial charge in [-0.3, -0.25) is 14.2 Å². The maximum Gasteiger partial charge on any atom is 0.345 e. The smallest absolute Gasteiger partial charge is 0.342 e. The summed E-state index contributed by atoms with van der Waals surface area (Å²) in [6.45, 7) is 3.51. The summed E-state index contributed by atoms with van der Waals surface area (Å²) in [6.07, 6.45) is 0. The van der Waals surface area contributed by atoms with Gasteiger partial charge in [-0.05, 0) is 31.5 Å². The monoisotopic (exact) mass is 368 g/mol. The third-order valence-electron chi connectivity index (χ3n) is 5.00. The van der Waals surface area contributed by atoms with Crippen molar-refractivity contribution in [1.29, 1.82) is 0 Å². The van der Waals surface area contributed by atoms with Crippen LogP contribution in [0.4, 0.5) is 5.69 Å². The lowest BCUT2D eigenvalue weighted by Crippen LogP contribution is -2.50. The van der Waals surface area contributed by atoms with Gasteiger partial charge < -0.3 is 10.2 Å². The van der Waals surface area contributed by atoms with Crippen LogP contribution in [0, 0.1) is 5.92 Å². The van der Waals surface area contributed by atoms with Gasteiger partial charge in [-0.2, -0.15) is 4.76 Å². The molecule has 0 aromatic heterocycles. The van der Waals surface area contributed by atoms with Gasteiger partial charge in [0.2, 0.25) is 0 Å². The lowest BCUT2D eigenvalue weighted by molar-refractivity contribution is -0.124. The molecule has 2 aromatic carbocycles. The Bertz CT molecular complexity index is 1040. The maximum absolute atomic E-state index is 13.1. The fourth-order valence-corrected chi connectivity index (χ4v) is 4.88. The summed E-state index contributed by atoms with van der Waals surface area (Å²) in [5.74, 6) is -2.04. The number of fused-ring (bicyclic) bond motifs is 2. The van der Waals surface area contributed by atoms with E-state index in [1.807, 2.05) is 0 Å². The summed E-state index contributed by atoms with van der Waals surface area (Å²) in [4.78, 5) is 36.5. The van der Waals surface area contributed by atoms with E-state index in [-0.39, 0.29) is 16.9 Å². The Morgan fingerprint density at radius 1 is 1.08 bits per heavy atom. The standard InChI is InChI=1S/C19H17N2O4P/c1-19(2)12-8-4-3-7-11(12)16(22)15(17(19)23)18-20-13-9-5-6-10-14(13)26(24,25)21-18/h3-10,15H,1-2H3,(H2,20,21,24,25). The Morgan fingerprint density at radius 3 is 2.50 bits per heavy atom. The minimum Gasteiger partial charge on any atom is -0.342 e. The molecule has 0 fully saturated rings. The number of nitrogens with one attached hydrogen (secondary N) is 1. The number of Topliss-reactive ketones (excluding diaryl/α,β-unsaturated/α-hetero) is 2. The number of ketones is 2. The number of amidine groups is 1. The highest BCUT2D eigenvalue weighted by Gasteiger charge is 2.49. The summed E-state index contributed by atoms with van der Waals surface area (Å²) < 4.78 is 16.5. The van der Waals surface area contributed by atoms with Crippen molar-refractivity contribution in [3.05, 3.63) is 59.7 Å². The van der Waals surface area contributed by atoms with Gasteiger partial charge in [-0.25, -0.2) is 0 Å². The van der Waals surface area contributed by atoms with Gasteiger partial charge >= 0.3 is 7.52 Å². The third kappa shape index (κ3) is 2.30. The number of para-hydroxylation sites is 1. The lowest BCUT2D eigenvalue weighted by atomic mass is 9.66. The van der Waals surface area contributed by atoms with E-state index in [0.29, 0.717) is 16.8 Å². The Labute approximate surface area is 150 Å². The molecular formula is C19H17N2O4P. The van der Waals surface area contributed by atoms with Crippen LogP contribution in [0.3, 0.4) is 0 Å². The van der Waals surface area contributed by atoms with Crippen LogP contribution < -0.4 is 10.6 Å². The highest BCUT2D eigenvalue weighted by molar-refractivity contribution is 7.65. The molecule has 7 heteroatoms. The highest BCUT2D eigenvalue weighted by atomic mass is 31.2. The summed E-state index contributed by atoms with van der Waals surface area (Å²) in [7, 11) is -4.06. The molecule has 0 bridgehead atoms. The molecule has 0 amide bonds. The predicted octanol–water partition coefficient (Wildman–Crippen LogP) is 2.68. The highest BCUT2D eigenvalue weighted by Crippen LogP contribution is 2.48. The van der Waals surface area contributed by atoms with Gasteiger partial charge in [0.25, 0.3) is 0 Å². The van der Waals surface area contributed by atoms with Crippen LogP contribution in [0.5, 0.6) is 0 Å². The summed E-state index contributed by atoms with van der Waals surface area (Å²) >= 11 is 0. The Kier molecular flexibility index (Phi) is 3.55. The number of anilines is 1. The molecule has 1 heterocycles. The zero-order chi connectivity index (χ0) is 18.7. The Hall–Kier alpha value is -2.56. The average Bonchev–Trinajstić information content (AvgIpc) is 2.60. The number of rotatable bonds is 1. The van der Waals surface area contributed by atoms with Crippen LogP contribution >= 0.6 is 7.52 Å². The van der Waals surface area contributed by atoms with Crippen molar-refractivity contribution in [3.8, 4) is 0 Å². The predicted molar refractivity (Wildman–Crippen MR) is 99.3 cm³/mol. The molecule has 2 unspecified atom stereocenters. The van der Waals surface area contributed by atoms with E-state index in [9.17, 15) is 19.0 Å². The second-order valence-corrected chi connectivity index (χ2v) is 8.77. The first-order chi connectivity index (χ1) is 12.2. The fourth-order valence-electron chi connectivity index (χ4n) is 3.59. The van der Waals surface area contributed by atoms with E-state index < -0.39 is 24.6 Å². The molecule has 0 saturated heterocycles. The van der Waals surface area contributed by atoms with E-state index in [4.69, 9.17) is 0 Å². The van der Waals surface area contributed by atoms with Crippen LogP contribution in [0.25, 0.3) is 0 Å². The molecule has 2 aromatic rings. The van der Waals surface area contributed by atoms with E-state index >= 15 is 0 Å². The van der Waals surface area contributed by atoms with Crippen LogP contribution in [0.2, 0.25) is 0 Å². The van der Waals surface area contributed by atoms with Crippen LogP contribution in [0.15, 0.2) is 53.3 Å². The Morgan fingerprint density at radius 2 is 1.73 bits per heavy atom. The molecule has 0 saturated carbocycles. The first-order valence-corrected chi connectivity index (χ1v) is 9.82. The minimum absolute atomic E-state index is 0.0629. The van der Waals surface area contributed by atoms with Gasteiger partial charge in [-0.1, -0.05) is 36.4 Å². The van der Waals surface area contributed by atoms with E-state index in [1.165, 1.54) is 6.07 Å². The van der Waals surface area contributed by atoms with Crippen molar-refractivity contribution in [2.75, 3.05) is 5.32 Å². The molecule has 0 spiro atoms. The number of hydrogen-bond donors (Lipinski definition) is 2. The quantitative estimate of drug-likeness (QED) is 0.596. The molecule has 2 atom stereocenters. The number of hydrogen-bond acceptors (Lipinski definition) is 4. The van der Waals surface area contributed by atoms with Gasteiger partial charge in [0.15, 0.2) is 11.6 Å². The summed E-state index contributed by atoms with van der Waals surface area (Å²) in [5.41, 5.74) is 0.588. The van der Waals surface area contributed by atoms with Crippen LogP contribution in [-0.2, 0) is 14.8 Å². The minimum atomic E-state index is -4.06. The topological polar surface area (TPSA) is 95.8 Å². The van der Waals surface area contributed by atoms with E-state index in [2.05, 4.69) is 10.1 Å². The van der Waals surface area contributed by atoms with Crippen LogP contribution in [-0.4, -0.2) is 22.3 Å². The first-order valence-electron chi connectivity index (χ1n) is 8.21. The van der Waals surface area contributed by atoms with Crippen molar-refractivity contribution in [2.45, 2.75) is 19.3 Å². The molecule has 2 aliphatic rings. The second kappa shape index (κ2) is 5.47. The summed E-state index contributed by atoms with van der Waals surface area (Å²) in [5, 5.41) is 3.09. The SMILES string of the molecule is CC1(C)C(=O)C(C2=NP(=O)(O)c3ccccc3N2)C(=O)c2ccccc21. The van der Waals surface area contributed by atoms with Gasteiger partial charge in [-0.15, -0.1) is 0 Å². The molecule has 132 valence electrons. The number of carbonyl (C=O) groups excluding carboxylic acids is 2. The molecule has 0 radical (unpaired) electrons. The largest absolute Gasteiger partial charge is 0.345 e. The van der Waals surface area contributed by atoms with E-state index in [1.54, 1.807) is 56.3 Å². The van der Waals surface area contributed by atoms with Crippen LogP contribution in [0.1, 0.15) is 29.8 Å². The molecule has 6 nitrogen and oxygen atoms in total.